The first-order valence-electron chi connectivity index (χ1n) is 5.39. The van der Waals surface area contributed by atoms with Crippen molar-refractivity contribution < 1.29 is 0 Å². The fourth-order valence-corrected chi connectivity index (χ4v) is 2.68. The number of pyridine rings is 1. The van der Waals surface area contributed by atoms with Gasteiger partial charge in [0.25, 0.3) is 0 Å². The summed E-state index contributed by atoms with van der Waals surface area (Å²) in [5.74, 6) is 0.790. The van der Waals surface area contributed by atoms with Crippen molar-refractivity contribution in [1.29, 1.82) is 0 Å². The molecule has 7 heteroatoms. The van der Waals surface area contributed by atoms with E-state index < -0.39 is 0 Å². The van der Waals surface area contributed by atoms with E-state index in [1.807, 2.05) is 5.38 Å². The van der Waals surface area contributed by atoms with Gasteiger partial charge in [0.15, 0.2) is 0 Å². The van der Waals surface area contributed by atoms with Crippen LogP contribution in [0, 0.1) is 0 Å². The zero-order chi connectivity index (χ0) is 13.1. The molecule has 0 aliphatic rings. The van der Waals surface area contributed by atoms with Gasteiger partial charge in [-0.1, -0.05) is 30.1 Å². The lowest BCUT2D eigenvalue weighted by Gasteiger charge is -2.16. The smallest absolute Gasteiger partial charge is 0.147 e. The lowest BCUT2D eigenvalue weighted by Crippen LogP contribution is -2.11. The molecule has 2 aromatic rings. The average molecular weight is 303 g/mol. The molecule has 0 aromatic carbocycles. The molecule has 2 rings (SSSR count). The van der Waals surface area contributed by atoms with Gasteiger partial charge in [-0.05, 0) is 12.5 Å². The van der Waals surface area contributed by atoms with Gasteiger partial charge in [0, 0.05) is 11.6 Å². The minimum atomic E-state index is 0.0653. The largest absolute Gasteiger partial charge is 0.382 e. The van der Waals surface area contributed by atoms with Gasteiger partial charge in [-0.3, -0.25) is 0 Å². The second-order valence-corrected chi connectivity index (χ2v) is 5.40. The Bertz CT molecular complexity index is 530. The van der Waals surface area contributed by atoms with Crippen molar-refractivity contribution in [2.24, 2.45) is 0 Å². The van der Waals surface area contributed by atoms with Crippen LogP contribution in [-0.2, 0) is 0 Å². The van der Waals surface area contributed by atoms with Crippen LogP contribution in [0.25, 0.3) is 0 Å². The highest BCUT2D eigenvalue weighted by molar-refractivity contribution is 7.09. The molecule has 0 aliphatic heterocycles. The Kier molecular flexibility index (Phi) is 4.27. The van der Waals surface area contributed by atoms with Gasteiger partial charge in [-0.25, -0.2) is 9.97 Å². The number of halogens is 2. The number of hydrogen-bond acceptors (Lipinski definition) is 5. The summed E-state index contributed by atoms with van der Waals surface area (Å²) in [4.78, 5) is 8.43. The third-order valence-corrected chi connectivity index (χ3v) is 3.91. The van der Waals surface area contributed by atoms with Crippen LogP contribution in [0.2, 0.25) is 10.0 Å². The first-order chi connectivity index (χ1) is 8.61. The first kappa shape index (κ1) is 13.4. The number of aromatic nitrogens is 2. The maximum atomic E-state index is 6.08. The van der Waals surface area contributed by atoms with Crippen molar-refractivity contribution in [2.45, 2.75) is 19.4 Å². The number of thiazole rings is 1. The summed E-state index contributed by atoms with van der Waals surface area (Å²) in [5, 5.41) is 6.96. The second-order valence-electron chi connectivity index (χ2n) is 3.66. The summed E-state index contributed by atoms with van der Waals surface area (Å²) in [5.41, 5.74) is 5.67. The van der Waals surface area contributed by atoms with Crippen LogP contribution >= 0.6 is 34.5 Å². The zero-order valence-electron chi connectivity index (χ0n) is 9.65. The topological polar surface area (TPSA) is 63.8 Å². The van der Waals surface area contributed by atoms with Crippen LogP contribution in [0.5, 0.6) is 0 Å². The molecule has 0 amide bonds. The molecule has 0 saturated carbocycles. The predicted molar refractivity (Wildman–Crippen MR) is 77.4 cm³/mol. The van der Waals surface area contributed by atoms with Crippen molar-refractivity contribution in [3.8, 4) is 0 Å². The van der Waals surface area contributed by atoms with Gasteiger partial charge < -0.3 is 11.1 Å². The summed E-state index contributed by atoms with van der Waals surface area (Å²) < 4.78 is 0. The summed E-state index contributed by atoms with van der Waals surface area (Å²) in [6.45, 7) is 2.06. The molecular weight excluding hydrogens is 291 g/mol. The number of rotatable bonds is 4. The van der Waals surface area contributed by atoms with E-state index in [9.17, 15) is 0 Å². The van der Waals surface area contributed by atoms with Crippen LogP contribution in [0.3, 0.4) is 0 Å². The van der Waals surface area contributed by atoms with E-state index in [1.165, 1.54) is 0 Å². The summed E-state index contributed by atoms with van der Waals surface area (Å²) in [7, 11) is 0. The van der Waals surface area contributed by atoms with E-state index in [2.05, 4.69) is 22.2 Å². The molecule has 1 unspecified atom stereocenters. The molecule has 0 saturated heterocycles. The Morgan fingerprint density at radius 1 is 1.44 bits per heavy atom. The normalized spacial score (nSPS) is 12.4. The van der Waals surface area contributed by atoms with Gasteiger partial charge >= 0.3 is 0 Å². The van der Waals surface area contributed by atoms with Gasteiger partial charge in [0.1, 0.15) is 16.6 Å². The fourth-order valence-electron chi connectivity index (χ4n) is 1.49. The number of hydrogen-bond donors (Lipinski definition) is 2. The van der Waals surface area contributed by atoms with Crippen molar-refractivity contribution in [1.82, 2.24) is 9.97 Å². The Labute approximate surface area is 119 Å². The molecule has 1 atom stereocenters. The third kappa shape index (κ3) is 2.85. The second kappa shape index (κ2) is 5.73. The maximum absolute atomic E-state index is 6.08. The van der Waals surface area contributed by atoms with Crippen LogP contribution in [-0.4, -0.2) is 9.97 Å². The number of anilines is 2. The molecule has 0 aliphatic carbocycles. The van der Waals surface area contributed by atoms with Gasteiger partial charge in [-0.2, -0.15) is 0 Å². The number of nitrogens with one attached hydrogen (secondary N) is 1. The van der Waals surface area contributed by atoms with Crippen molar-refractivity contribution >= 4 is 46.2 Å². The third-order valence-electron chi connectivity index (χ3n) is 2.43. The fraction of sp³-hybridized carbons (Fsp3) is 0.273. The molecule has 0 fully saturated rings. The Morgan fingerprint density at radius 2 is 2.22 bits per heavy atom. The molecule has 0 radical (unpaired) electrons. The van der Waals surface area contributed by atoms with Crippen molar-refractivity contribution in [2.75, 3.05) is 11.1 Å². The van der Waals surface area contributed by atoms with E-state index in [4.69, 9.17) is 28.9 Å². The molecule has 0 bridgehead atoms. The summed E-state index contributed by atoms with van der Waals surface area (Å²) in [6.07, 6.45) is 2.64. The minimum Gasteiger partial charge on any atom is -0.382 e. The van der Waals surface area contributed by atoms with Crippen LogP contribution in [0.4, 0.5) is 11.6 Å². The first-order valence-corrected chi connectivity index (χ1v) is 7.02. The lowest BCUT2D eigenvalue weighted by atomic mass is 10.2. The Morgan fingerprint density at radius 3 is 2.83 bits per heavy atom. The Balaban J connectivity index is 2.25. The molecule has 96 valence electrons. The maximum Gasteiger partial charge on any atom is 0.147 e. The van der Waals surface area contributed by atoms with E-state index in [-0.39, 0.29) is 11.9 Å². The summed E-state index contributed by atoms with van der Waals surface area (Å²) in [6, 6.07) is 1.65. The molecule has 4 nitrogen and oxygen atoms in total. The molecule has 0 spiro atoms. The highest BCUT2D eigenvalue weighted by Crippen LogP contribution is 2.31. The number of nitrogens with two attached hydrogens (primary N) is 1. The number of nitrogens with zero attached hydrogens (tertiary/aromatic N) is 2. The van der Waals surface area contributed by atoms with E-state index in [0.717, 1.165) is 11.4 Å². The summed E-state index contributed by atoms with van der Waals surface area (Å²) >= 11 is 13.5. The van der Waals surface area contributed by atoms with Gasteiger partial charge in [-0.15, -0.1) is 11.3 Å². The highest BCUT2D eigenvalue weighted by Gasteiger charge is 2.15. The van der Waals surface area contributed by atoms with Crippen LogP contribution in [0.15, 0.2) is 17.6 Å². The SMILES string of the molecule is CCC(Nc1nc(N)c(Cl)cc1Cl)c1nccs1. The van der Waals surface area contributed by atoms with E-state index in [1.54, 1.807) is 23.6 Å². The van der Waals surface area contributed by atoms with Gasteiger partial charge in [0.2, 0.25) is 0 Å². The van der Waals surface area contributed by atoms with E-state index in [0.29, 0.717) is 15.9 Å². The van der Waals surface area contributed by atoms with Crippen molar-refractivity contribution in [3.05, 3.63) is 32.7 Å². The molecule has 2 heterocycles. The standard InChI is InChI=1S/C11H12Cl2N4S/c1-2-8(11-15-3-4-18-11)16-10-7(13)5-6(12)9(14)17-10/h3-5,8H,2H2,1H3,(H3,14,16,17). The Hall–Kier alpha value is -1.04. The molecule has 18 heavy (non-hydrogen) atoms. The zero-order valence-corrected chi connectivity index (χ0v) is 12.0. The van der Waals surface area contributed by atoms with Crippen LogP contribution in [0.1, 0.15) is 24.4 Å². The molecule has 2 aromatic heterocycles. The predicted octanol–water partition coefficient (Wildman–Crippen LogP) is 3.99. The van der Waals surface area contributed by atoms with Gasteiger partial charge in [0.05, 0.1) is 16.1 Å². The minimum absolute atomic E-state index is 0.0653. The monoisotopic (exact) mass is 302 g/mol. The molecular formula is C11H12Cl2N4S. The lowest BCUT2D eigenvalue weighted by molar-refractivity contribution is 0.738. The molecule has 3 N–H and O–H groups in total. The highest BCUT2D eigenvalue weighted by atomic mass is 35.5. The number of nitrogen functional groups attached to an aromatic ring is 1. The van der Waals surface area contributed by atoms with Crippen molar-refractivity contribution in [3.63, 3.8) is 0 Å². The van der Waals surface area contributed by atoms with Crippen LogP contribution < -0.4 is 11.1 Å². The average Bonchev–Trinajstić information content (AvgIpc) is 2.85. The quantitative estimate of drug-likeness (QED) is 0.896. The van der Waals surface area contributed by atoms with E-state index >= 15 is 0 Å².